The molecule has 1 heterocycles. The van der Waals surface area contributed by atoms with E-state index >= 15 is 0 Å². The Kier molecular flexibility index (Phi) is 3.46. The van der Waals surface area contributed by atoms with E-state index in [4.69, 9.17) is 4.74 Å². The standard InChI is InChI=1S/C9H10BrNO3/c1-3-14-9(13)7-5(2)4-6(10)8(12)11-7/h4H,3H2,1-2H3,(H,11,12). The topological polar surface area (TPSA) is 59.2 Å². The highest BCUT2D eigenvalue weighted by molar-refractivity contribution is 9.10. The number of esters is 1. The molecule has 0 atom stereocenters. The average molecular weight is 260 g/mol. The Bertz CT molecular complexity index is 411. The van der Waals surface area contributed by atoms with E-state index in [1.807, 2.05) is 0 Å². The third-order valence-electron chi connectivity index (χ3n) is 1.67. The zero-order valence-corrected chi connectivity index (χ0v) is 9.47. The highest BCUT2D eigenvalue weighted by Gasteiger charge is 2.12. The van der Waals surface area contributed by atoms with Crippen LogP contribution >= 0.6 is 15.9 Å². The maximum Gasteiger partial charge on any atom is 0.355 e. The Labute approximate surface area is 89.4 Å². The quantitative estimate of drug-likeness (QED) is 0.822. The van der Waals surface area contributed by atoms with Gasteiger partial charge >= 0.3 is 5.97 Å². The fraction of sp³-hybridized carbons (Fsp3) is 0.333. The molecule has 0 amide bonds. The van der Waals surface area contributed by atoms with Gasteiger partial charge in [0.2, 0.25) is 0 Å². The van der Waals surface area contributed by atoms with E-state index in [2.05, 4.69) is 20.9 Å². The molecule has 0 bridgehead atoms. The molecule has 0 aliphatic carbocycles. The van der Waals surface area contributed by atoms with Crippen molar-refractivity contribution in [2.75, 3.05) is 6.61 Å². The van der Waals surface area contributed by atoms with Gasteiger partial charge in [-0.1, -0.05) is 0 Å². The molecule has 0 aromatic carbocycles. The van der Waals surface area contributed by atoms with Crippen LogP contribution in [0.4, 0.5) is 0 Å². The number of aromatic nitrogens is 1. The summed E-state index contributed by atoms with van der Waals surface area (Å²) in [5.41, 5.74) is 0.550. The van der Waals surface area contributed by atoms with Gasteiger partial charge in [-0.3, -0.25) is 4.79 Å². The molecule has 1 aromatic rings. The van der Waals surface area contributed by atoms with Crippen LogP contribution in [0.5, 0.6) is 0 Å². The Hall–Kier alpha value is -1.10. The molecule has 0 saturated carbocycles. The van der Waals surface area contributed by atoms with E-state index in [1.165, 1.54) is 0 Å². The second kappa shape index (κ2) is 4.41. The first-order valence-electron chi connectivity index (χ1n) is 4.12. The van der Waals surface area contributed by atoms with Crippen LogP contribution in [0.2, 0.25) is 0 Å². The van der Waals surface area contributed by atoms with E-state index in [0.717, 1.165) is 0 Å². The lowest BCUT2D eigenvalue weighted by molar-refractivity contribution is 0.0518. The summed E-state index contributed by atoms with van der Waals surface area (Å²) in [5, 5.41) is 0. The minimum Gasteiger partial charge on any atom is -0.461 e. The summed E-state index contributed by atoms with van der Waals surface area (Å²) in [7, 11) is 0. The molecule has 0 aliphatic heterocycles. The minimum atomic E-state index is -0.505. The number of H-pyrrole nitrogens is 1. The van der Waals surface area contributed by atoms with E-state index in [9.17, 15) is 9.59 Å². The smallest absolute Gasteiger partial charge is 0.355 e. The highest BCUT2D eigenvalue weighted by atomic mass is 79.9. The van der Waals surface area contributed by atoms with Crippen molar-refractivity contribution in [3.8, 4) is 0 Å². The van der Waals surface area contributed by atoms with Crippen LogP contribution < -0.4 is 5.56 Å². The molecule has 0 saturated heterocycles. The van der Waals surface area contributed by atoms with Crippen molar-refractivity contribution in [3.63, 3.8) is 0 Å². The molecule has 76 valence electrons. The molecule has 1 N–H and O–H groups in total. The number of carbonyl (C=O) groups excluding carboxylic acids is 1. The molecule has 0 fully saturated rings. The van der Waals surface area contributed by atoms with Crippen LogP contribution in [-0.2, 0) is 4.74 Å². The van der Waals surface area contributed by atoms with Gasteiger partial charge in [0.25, 0.3) is 5.56 Å². The van der Waals surface area contributed by atoms with Gasteiger partial charge in [-0.05, 0) is 41.4 Å². The third-order valence-corrected chi connectivity index (χ3v) is 2.26. The molecular weight excluding hydrogens is 250 g/mol. The Balaban J connectivity index is 3.16. The number of halogens is 1. The fourth-order valence-electron chi connectivity index (χ4n) is 1.01. The van der Waals surface area contributed by atoms with Gasteiger partial charge in [0.05, 0.1) is 11.1 Å². The average Bonchev–Trinajstić information content (AvgIpc) is 2.11. The van der Waals surface area contributed by atoms with Gasteiger partial charge in [0.1, 0.15) is 5.69 Å². The summed E-state index contributed by atoms with van der Waals surface area (Å²) in [6, 6.07) is 1.59. The predicted octanol–water partition coefficient (Wildman–Crippen LogP) is 1.62. The summed E-state index contributed by atoms with van der Waals surface area (Å²) >= 11 is 3.07. The number of ether oxygens (including phenoxy) is 1. The lowest BCUT2D eigenvalue weighted by Gasteiger charge is -2.04. The summed E-state index contributed by atoms with van der Waals surface area (Å²) < 4.78 is 5.18. The van der Waals surface area contributed by atoms with E-state index in [0.29, 0.717) is 10.0 Å². The van der Waals surface area contributed by atoms with Crippen molar-refractivity contribution in [2.24, 2.45) is 0 Å². The first-order chi connectivity index (χ1) is 6.56. The Morgan fingerprint density at radius 1 is 1.64 bits per heavy atom. The molecule has 14 heavy (non-hydrogen) atoms. The molecule has 0 aliphatic rings. The second-order valence-electron chi connectivity index (χ2n) is 2.72. The zero-order chi connectivity index (χ0) is 10.7. The summed E-state index contributed by atoms with van der Waals surface area (Å²) in [6.45, 7) is 3.73. The van der Waals surface area contributed by atoms with E-state index in [-0.39, 0.29) is 17.9 Å². The Morgan fingerprint density at radius 3 is 2.86 bits per heavy atom. The first-order valence-corrected chi connectivity index (χ1v) is 4.92. The normalized spacial score (nSPS) is 9.93. The monoisotopic (exact) mass is 259 g/mol. The minimum absolute atomic E-state index is 0.208. The molecule has 5 heteroatoms. The molecule has 1 aromatic heterocycles. The molecule has 0 spiro atoms. The number of nitrogens with one attached hydrogen (secondary N) is 1. The van der Waals surface area contributed by atoms with Crippen molar-refractivity contribution in [1.29, 1.82) is 0 Å². The number of carbonyl (C=O) groups is 1. The SMILES string of the molecule is CCOC(=O)c1[nH]c(=O)c(Br)cc1C. The van der Waals surface area contributed by atoms with Gasteiger partial charge in [-0.2, -0.15) is 0 Å². The van der Waals surface area contributed by atoms with Gasteiger partial charge in [0.15, 0.2) is 0 Å². The highest BCUT2D eigenvalue weighted by Crippen LogP contribution is 2.09. The molecule has 0 radical (unpaired) electrons. The van der Waals surface area contributed by atoms with Crippen LogP contribution in [0, 0.1) is 6.92 Å². The molecule has 4 nitrogen and oxygen atoms in total. The van der Waals surface area contributed by atoms with Crippen LogP contribution in [-0.4, -0.2) is 17.6 Å². The zero-order valence-electron chi connectivity index (χ0n) is 7.89. The van der Waals surface area contributed by atoms with Gasteiger partial charge in [-0.25, -0.2) is 4.79 Å². The fourth-order valence-corrected chi connectivity index (χ4v) is 1.46. The third kappa shape index (κ3) is 2.23. The summed E-state index contributed by atoms with van der Waals surface area (Å²) in [6.07, 6.45) is 0. The number of hydrogen-bond acceptors (Lipinski definition) is 3. The second-order valence-corrected chi connectivity index (χ2v) is 3.58. The number of pyridine rings is 1. The summed E-state index contributed by atoms with van der Waals surface area (Å²) in [4.78, 5) is 25.0. The van der Waals surface area contributed by atoms with Crippen LogP contribution in [0.25, 0.3) is 0 Å². The van der Waals surface area contributed by atoms with Crippen molar-refractivity contribution < 1.29 is 9.53 Å². The number of rotatable bonds is 2. The van der Waals surface area contributed by atoms with Crippen molar-refractivity contribution in [1.82, 2.24) is 4.98 Å². The molecule has 0 unspecified atom stereocenters. The first kappa shape index (κ1) is 11.0. The van der Waals surface area contributed by atoms with Crippen LogP contribution in [0.1, 0.15) is 23.0 Å². The number of aromatic amines is 1. The summed E-state index contributed by atoms with van der Waals surface area (Å²) in [5.74, 6) is -0.505. The van der Waals surface area contributed by atoms with Crippen molar-refractivity contribution in [2.45, 2.75) is 13.8 Å². The van der Waals surface area contributed by atoms with Gasteiger partial charge in [0, 0.05) is 0 Å². The lowest BCUT2D eigenvalue weighted by atomic mass is 10.2. The molecule has 1 rings (SSSR count). The number of aryl methyl sites for hydroxylation is 1. The number of hydrogen-bond donors (Lipinski definition) is 1. The molecular formula is C9H10BrNO3. The van der Waals surface area contributed by atoms with E-state index in [1.54, 1.807) is 19.9 Å². The van der Waals surface area contributed by atoms with E-state index < -0.39 is 5.97 Å². The van der Waals surface area contributed by atoms with Crippen molar-refractivity contribution in [3.05, 3.63) is 32.2 Å². The maximum atomic E-state index is 11.3. The predicted molar refractivity (Wildman–Crippen MR) is 55.5 cm³/mol. The Morgan fingerprint density at radius 2 is 2.29 bits per heavy atom. The maximum absolute atomic E-state index is 11.3. The van der Waals surface area contributed by atoms with Crippen LogP contribution in [0.3, 0.4) is 0 Å². The van der Waals surface area contributed by atoms with Gasteiger partial charge in [-0.15, -0.1) is 0 Å². The van der Waals surface area contributed by atoms with Crippen LogP contribution in [0.15, 0.2) is 15.3 Å². The van der Waals surface area contributed by atoms with Gasteiger partial charge < -0.3 is 9.72 Å². The lowest BCUT2D eigenvalue weighted by Crippen LogP contribution is -2.17. The van der Waals surface area contributed by atoms with Crippen molar-refractivity contribution >= 4 is 21.9 Å². The largest absolute Gasteiger partial charge is 0.461 e.